The summed E-state index contributed by atoms with van der Waals surface area (Å²) in [7, 11) is 1.89. The highest BCUT2D eigenvalue weighted by atomic mass is 32.2. The van der Waals surface area contributed by atoms with E-state index >= 15 is 0 Å². The Morgan fingerprint density at radius 3 is 2.95 bits per heavy atom. The quantitative estimate of drug-likeness (QED) is 0.901. The molecule has 2 rings (SSSR count). The molecule has 0 radical (unpaired) electrons. The van der Waals surface area contributed by atoms with E-state index in [4.69, 9.17) is 0 Å². The first-order valence-corrected chi connectivity index (χ1v) is 7.86. The Kier molecular flexibility index (Phi) is 4.91. The van der Waals surface area contributed by atoms with Gasteiger partial charge in [0.2, 0.25) is 0 Å². The number of rotatable bonds is 5. The smallest absolute Gasteiger partial charge is 0.307 e. The molecule has 3 atom stereocenters. The summed E-state index contributed by atoms with van der Waals surface area (Å²) in [4.78, 5) is 12.5. The molecule has 4 nitrogen and oxygen atoms in total. The third-order valence-corrected chi connectivity index (χ3v) is 5.19. The zero-order chi connectivity index (χ0) is 13.8. The first-order valence-electron chi connectivity index (χ1n) is 6.98. The van der Waals surface area contributed by atoms with Gasteiger partial charge < -0.3 is 5.11 Å². The zero-order valence-electron chi connectivity index (χ0n) is 11.6. The molecule has 1 saturated carbocycles. The maximum atomic E-state index is 11.4. The predicted octanol–water partition coefficient (Wildman–Crippen LogP) is 3.18. The van der Waals surface area contributed by atoms with Gasteiger partial charge in [-0.2, -0.15) is 5.10 Å². The van der Waals surface area contributed by atoms with Crippen LogP contribution in [-0.2, 0) is 11.8 Å². The van der Waals surface area contributed by atoms with Gasteiger partial charge in [-0.15, -0.1) is 11.8 Å². The number of aliphatic carboxylic acids is 1. The fraction of sp³-hybridized carbons (Fsp3) is 0.714. The minimum Gasteiger partial charge on any atom is -0.481 e. The number of aryl methyl sites for hydroxylation is 1. The molecule has 19 heavy (non-hydrogen) atoms. The first kappa shape index (κ1) is 14.4. The van der Waals surface area contributed by atoms with Gasteiger partial charge in [-0.05, 0) is 25.2 Å². The Morgan fingerprint density at radius 2 is 2.37 bits per heavy atom. The van der Waals surface area contributed by atoms with Crippen LogP contribution < -0.4 is 0 Å². The number of thioether (sulfide) groups is 1. The second-order valence-corrected chi connectivity index (χ2v) is 6.73. The molecule has 5 heteroatoms. The van der Waals surface area contributed by atoms with Crippen LogP contribution in [0.4, 0.5) is 0 Å². The fourth-order valence-corrected chi connectivity index (χ4v) is 4.39. The predicted molar refractivity (Wildman–Crippen MR) is 76.2 cm³/mol. The van der Waals surface area contributed by atoms with Crippen LogP contribution in [-0.4, -0.2) is 26.1 Å². The summed E-state index contributed by atoms with van der Waals surface area (Å²) in [5.41, 5.74) is 0. The van der Waals surface area contributed by atoms with E-state index in [1.807, 2.05) is 19.4 Å². The molecule has 1 N–H and O–H groups in total. The molecular formula is C14H22N2O2S. The highest BCUT2D eigenvalue weighted by molar-refractivity contribution is 8.00. The van der Waals surface area contributed by atoms with Crippen molar-refractivity contribution in [3.8, 4) is 0 Å². The van der Waals surface area contributed by atoms with Crippen LogP contribution in [0.25, 0.3) is 0 Å². The van der Waals surface area contributed by atoms with E-state index in [0.29, 0.717) is 5.92 Å². The molecule has 106 valence electrons. The second-order valence-electron chi connectivity index (χ2n) is 5.42. The van der Waals surface area contributed by atoms with Gasteiger partial charge in [-0.25, -0.2) is 0 Å². The average Bonchev–Trinajstić information content (AvgIpc) is 2.75. The SMILES string of the molecule is CCCC1CCC(C(=O)O)C(Sc2cnn(C)c2)C1. The second kappa shape index (κ2) is 6.46. The van der Waals surface area contributed by atoms with Crippen molar-refractivity contribution in [2.45, 2.75) is 49.2 Å². The lowest BCUT2D eigenvalue weighted by Crippen LogP contribution is -2.32. The van der Waals surface area contributed by atoms with Crippen LogP contribution in [0.1, 0.15) is 39.0 Å². The molecule has 0 saturated heterocycles. The number of carbonyl (C=O) groups is 1. The Balaban J connectivity index is 2.04. The van der Waals surface area contributed by atoms with Crippen molar-refractivity contribution in [2.24, 2.45) is 18.9 Å². The molecule has 1 heterocycles. The summed E-state index contributed by atoms with van der Waals surface area (Å²) in [6, 6.07) is 0. The summed E-state index contributed by atoms with van der Waals surface area (Å²) >= 11 is 1.69. The molecule has 1 aliphatic rings. The van der Waals surface area contributed by atoms with Crippen molar-refractivity contribution in [3.63, 3.8) is 0 Å². The Hall–Kier alpha value is -0.970. The third-order valence-electron chi connectivity index (χ3n) is 3.88. The van der Waals surface area contributed by atoms with Gasteiger partial charge in [0, 0.05) is 23.4 Å². The third kappa shape index (κ3) is 3.75. The van der Waals surface area contributed by atoms with E-state index in [1.165, 1.54) is 12.8 Å². The lowest BCUT2D eigenvalue weighted by molar-refractivity contribution is -0.142. The lowest BCUT2D eigenvalue weighted by atomic mass is 9.80. The standard InChI is InChI=1S/C14H22N2O2S/c1-3-4-10-5-6-12(14(17)18)13(7-10)19-11-8-15-16(2)9-11/h8-10,12-13H,3-7H2,1-2H3,(H,17,18). The summed E-state index contributed by atoms with van der Waals surface area (Å²) < 4.78 is 1.77. The fourth-order valence-electron chi connectivity index (χ4n) is 2.93. The largest absolute Gasteiger partial charge is 0.481 e. The van der Waals surface area contributed by atoms with E-state index in [9.17, 15) is 9.90 Å². The molecule has 0 spiro atoms. The number of hydrogen-bond acceptors (Lipinski definition) is 3. The molecule has 1 fully saturated rings. The minimum absolute atomic E-state index is 0.187. The minimum atomic E-state index is -0.642. The van der Waals surface area contributed by atoms with Crippen LogP contribution in [0.2, 0.25) is 0 Å². The van der Waals surface area contributed by atoms with E-state index in [0.717, 1.165) is 24.2 Å². The van der Waals surface area contributed by atoms with Crippen molar-refractivity contribution in [3.05, 3.63) is 12.4 Å². The number of hydrogen-bond donors (Lipinski definition) is 1. The first-order chi connectivity index (χ1) is 9.10. The van der Waals surface area contributed by atoms with Gasteiger partial charge in [0.25, 0.3) is 0 Å². The molecule has 0 amide bonds. The highest BCUT2D eigenvalue weighted by Gasteiger charge is 2.35. The Morgan fingerprint density at radius 1 is 1.58 bits per heavy atom. The van der Waals surface area contributed by atoms with Crippen molar-refractivity contribution in [1.82, 2.24) is 9.78 Å². The number of nitrogens with zero attached hydrogens (tertiary/aromatic N) is 2. The molecule has 0 aromatic carbocycles. The molecule has 1 aromatic heterocycles. The average molecular weight is 282 g/mol. The molecule has 1 aliphatic carbocycles. The van der Waals surface area contributed by atoms with Crippen LogP contribution in [0.3, 0.4) is 0 Å². The summed E-state index contributed by atoms with van der Waals surface area (Å²) in [6.07, 6.45) is 9.10. The molecule has 3 unspecified atom stereocenters. The van der Waals surface area contributed by atoms with Crippen LogP contribution in [0, 0.1) is 11.8 Å². The lowest BCUT2D eigenvalue weighted by Gasteiger charge is -2.33. The number of carboxylic acid groups (broad SMARTS) is 1. The van der Waals surface area contributed by atoms with Gasteiger partial charge in [0.05, 0.1) is 12.1 Å². The van der Waals surface area contributed by atoms with Crippen molar-refractivity contribution >= 4 is 17.7 Å². The van der Waals surface area contributed by atoms with E-state index in [-0.39, 0.29) is 11.2 Å². The normalized spacial score (nSPS) is 27.4. The van der Waals surface area contributed by atoms with Crippen molar-refractivity contribution in [1.29, 1.82) is 0 Å². The maximum absolute atomic E-state index is 11.4. The van der Waals surface area contributed by atoms with Gasteiger partial charge in [-0.1, -0.05) is 19.8 Å². The van der Waals surface area contributed by atoms with Crippen LogP contribution in [0.15, 0.2) is 17.3 Å². The summed E-state index contributed by atoms with van der Waals surface area (Å²) in [5.74, 6) is -0.163. The van der Waals surface area contributed by atoms with Crippen molar-refractivity contribution < 1.29 is 9.90 Å². The molecule has 0 bridgehead atoms. The Bertz CT molecular complexity index is 433. The highest BCUT2D eigenvalue weighted by Crippen LogP contribution is 2.41. The van der Waals surface area contributed by atoms with Crippen LogP contribution in [0.5, 0.6) is 0 Å². The van der Waals surface area contributed by atoms with E-state index < -0.39 is 5.97 Å². The van der Waals surface area contributed by atoms with Gasteiger partial charge in [0.15, 0.2) is 0 Å². The van der Waals surface area contributed by atoms with Gasteiger partial charge in [-0.3, -0.25) is 9.48 Å². The topological polar surface area (TPSA) is 55.1 Å². The summed E-state index contributed by atoms with van der Waals surface area (Å²) in [6.45, 7) is 2.20. The van der Waals surface area contributed by atoms with E-state index in [2.05, 4.69) is 12.0 Å². The zero-order valence-corrected chi connectivity index (χ0v) is 12.4. The molecule has 1 aromatic rings. The van der Waals surface area contributed by atoms with E-state index in [1.54, 1.807) is 16.4 Å². The summed E-state index contributed by atoms with van der Waals surface area (Å²) in [5, 5.41) is 13.7. The van der Waals surface area contributed by atoms with Gasteiger partial charge in [0.1, 0.15) is 0 Å². The Labute approximate surface area is 118 Å². The molecular weight excluding hydrogens is 260 g/mol. The monoisotopic (exact) mass is 282 g/mol. The molecule has 0 aliphatic heterocycles. The van der Waals surface area contributed by atoms with Crippen molar-refractivity contribution in [2.75, 3.05) is 0 Å². The van der Waals surface area contributed by atoms with Crippen LogP contribution >= 0.6 is 11.8 Å². The maximum Gasteiger partial charge on any atom is 0.307 e. The number of aromatic nitrogens is 2. The van der Waals surface area contributed by atoms with Gasteiger partial charge >= 0.3 is 5.97 Å². The number of carboxylic acids is 1.